The Morgan fingerprint density at radius 2 is 2.03 bits per heavy atom. The molecule has 2 N–H and O–H groups in total. The maximum Gasteiger partial charge on any atom is 0.326 e. The van der Waals surface area contributed by atoms with E-state index in [9.17, 15) is 19.5 Å². The van der Waals surface area contributed by atoms with E-state index >= 15 is 0 Å². The van der Waals surface area contributed by atoms with Crippen LogP contribution in [0, 0.1) is 0 Å². The fourth-order valence-electron chi connectivity index (χ4n) is 2.76. The van der Waals surface area contributed by atoms with Crippen LogP contribution >= 0.6 is 35.7 Å². The standard InChI is InChI=1S/C20H24N2O6S3/c1-27-14-5-4-12(10-15(14)28-2)11-16-18(24)22(20(29)31-16)8-6-17(23)21-13(19(25)26)7-9-30-3/h4-5,10-11,13H,6-9H2,1-3H3,(H,21,23)(H,25,26)/b16-11+/t13-/m0/s1. The van der Waals surface area contributed by atoms with Crippen molar-refractivity contribution >= 4 is 63.9 Å². The van der Waals surface area contributed by atoms with Gasteiger partial charge in [-0.05, 0) is 42.2 Å². The van der Waals surface area contributed by atoms with Crippen LogP contribution in [0.1, 0.15) is 18.4 Å². The molecule has 0 saturated carbocycles. The lowest BCUT2D eigenvalue weighted by Crippen LogP contribution is -2.42. The van der Waals surface area contributed by atoms with Crippen LogP contribution in [0.2, 0.25) is 0 Å². The molecule has 2 amide bonds. The summed E-state index contributed by atoms with van der Waals surface area (Å²) in [7, 11) is 3.07. The lowest BCUT2D eigenvalue weighted by Gasteiger charge is -2.17. The van der Waals surface area contributed by atoms with Crippen molar-refractivity contribution < 1.29 is 29.0 Å². The molecule has 168 valence electrons. The first-order valence-corrected chi connectivity index (χ1v) is 11.9. The van der Waals surface area contributed by atoms with Crippen molar-refractivity contribution in [2.45, 2.75) is 18.9 Å². The van der Waals surface area contributed by atoms with E-state index in [-0.39, 0.29) is 18.9 Å². The highest BCUT2D eigenvalue weighted by molar-refractivity contribution is 8.26. The van der Waals surface area contributed by atoms with Crippen LogP contribution < -0.4 is 14.8 Å². The number of carboxylic acid groups (broad SMARTS) is 1. The van der Waals surface area contributed by atoms with E-state index in [0.29, 0.717) is 32.9 Å². The maximum atomic E-state index is 12.7. The molecule has 1 aliphatic heterocycles. The normalized spacial score (nSPS) is 15.8. The lowest BCUT2D eigenvalue weighted by atomic mass is 10.2. The summed E-state index contributed by atoms with van der Waals surface area (Å²) in [6.45, 7) is 0.0780. The molecule has 1 aromatic rings. The van der Waals surface area contributed by atoms with E-state index in [2.05, 4.69) is 5.32 Å². The lowest BCUT2D eigenvalue weighted by molar-refractivity contribution is -0.142. The van der Waals surface area contributed by atoms with Gasteiger partial charge in [0.2, 0.25) is 5.91 Å². The second-order valence-electron chi connectivity index (χ2n) is 6.44. The third kappa shape index (κ3) is 6.88. The molecular formula is C20H24N2O6S3. The third-order valence-electron chi connectivity index (χ3n) is 4.39. The molecule has 0 radical (unpaired) electrons. The Balaban J connectivity index is 2.01. The van der Waals surface area contributed by atoms with Crippen molar-refractivity contribution in [3.63, 3.8) is 0 Å². The number of benzene rings is 1. The van der Waals surface area contributed by atoms with E-state index in [0.717, 1.165) is 17.3 Å². The minimum absolute atomic E-state index is 0.0425. The molecule has 1 heterocycles. The number of nitrogens with zero attached hydrogens (tertiary/aromatic N) is 1. The zero-order chi connectivity index (χ0) is 23.0. The summed E-state index contributed by atoms with van der Waals surface area (Å²) in [5.41, 5.74) is 0.744. The Bertz CT molecular complexity index is 890. The van der Waals surface area contributed by atoms with Crippen molar-refractivity contribution in [2.75, 3.05) is 32.8 Å². The number of aliphatic carboxylic acids is 1. The third-order valence-corrected chi connectivity index (χ3v) is 6.41. The number of methoxy groups -OCH3 is 2. The van der Waals surface area contributed by atoms with Crippen molar-refractivity contribution in [1.29, 1.82) is 0 Å². The fourth-order valence-corrected chi connectivity index (χ4v) is 4.54. The van der Waals surface area contributed by atoms with Gasteiger partial charge in [0, 0.05) is 13.0 Å². The second-order valence-corrected chi connectivity index (χ2v) is 9.10. The number of ether oxygens (including phenoxy) is 2. The van der Waals surface area contributed by atoms with Crippen LogP contribution in [-0.2, 0) is 14.4 Å². The molecule has 1 aromatic carbocycles. The molecule has 0 unspecified atom stereocenters. The zero-order valence-corrected chi connectivity index (χ0v) is 19.8. The van der Waals surface area contributed by atoms with Gasteiger partial charge in [-0.25, -0.2) is 4.79 Å². The minimum Gasteiger partial charge on any atom is -0.493 e. The monoisotopic (exact) mass is 484 g/mol. The van der Waals surface area contributed by atoms with Crippen LogP contribution in [0.4, 0.5) is 0 Å². The predicted octanol–water partition coefficient (Wildman–Crippen LogP) is 2.62. The smallest absolute Gasteiger partial charge is 0.326 e. The van der Waals surface area contributed by atoms with Crippen LogP contribution in [0.25, 0.3) is 6.08 Å². The van der Waals surface area contributed by atoms with Gasteiger partial charge >= 0.3 is 5.97 Å². The van der Waals surface area contributed by atoms with Gasteiger partial charge < -0.3 is 19.9 Å². The average Bonchev–Trinajstić information content (AvgIpc) is 3.01. The molecular weight excluding hydrogens is 460 g/mol. The van der Waals surface area contributed by atoms with Crippen LogP contribution in [0.15, 0.2) is 23.1 Å². The number of hydrogen-bond acceptors (Lipinski definition) is 8. The predicted molar refractivity (Wildman–Crippen MR) is 127 cm³/mol. The molecule has 1 saturated heterocycles. The number of carbonyl (C=O) groups excluding carboxylic acids is 2. The molecule has 0 aliphatic carbocycles. The molecule has 1 fully saturated rings. The van der Waals surface area contributed by atoms with Gasteiger partial charge in [0.05, 0.1) is 19.1 Å². The summed E-state index contributed by atoms with van der Waals surface area (Å²) in [6, 6.07) is 4.34. The highest BCUT2D eigenvalue weighted by Gasteiger charge is 2.32. The molecule has 8 nitrogen and oxygen atoms in total. The Morgan fingerprint density at radius 1 is 1.32 bits per heavy atom. The van der Waals surface area contributed by atoms with Crippen LogP contribution in [-0.4, -0.2) is 70.9 Å². The number of carbonyl (C=O) groups is 3. The number of nitrogens with one attached hydrogen (secondary N) is 1. The molecule has 0 spiro atoms. The van der Waals surface area contributed by atoms with E-state index in [1.54, 1.807) is 31.4 Å². The number of hydrogen-bond donors (Lipinski definition) is 2. The zero-order valence-electron chi connectivity index (χ0n) is 17.4. The molecule has 0 bridgehead atoms. The number of rotatable bonds is 11. The van der Waals surface area contributed by atoms with Gasteiger partial charge in [-0.2, -0.15) is 11.8 Å². The molecule has 0 aromatic heterocycles. The quantitative estimate of drug-likeness (QED) is 0.362. The number of thioether (sulfide) groups is 2. The molecule has 1 aliphatic rings. The van der Waals surface area contributed by atoms with E-state index in [1.807, 2.05) is 6.26 Å². The summed E-state index contributed by atoms with van der Waals surface area (Å²) < 4.78 is 10.8. The topological polar surface area (TPSA) is 105 Å². The Hall–Kier alpha value is -2.24. The summed E-state index contributed by atoms with van der Waals surface area (Å²) in [5, 5.41) is 11.7. The van der Waals surface area contributed by atoms with Crippen molar-refractivity contribution in [1.82, 2.24) is 10.2 Å². The molecule has 11 heteroatoms. The summed E-state index contributed by atoms with van der Waals surface area (Å²) in [4.78, 5) is 38.0. The van der Waals surface area contributed by atoms with E-state index < -0.39 is 17.9 Å². The van der Waals surface area contributed by atoms with Crippen LogP contribution in [0.5, 0.6) is 11.5 Å². The first-order chi connectivity index (χ1) is 14.8. The second kappa shape index (κ2) is 12.0. The Labute approximate surface area is 194 Å². The van der Waals surface area contributed by atoms with Crippen molar-refractivity contribution in [2.24, 2.45) is 0 Å². The largest absolute Gasteiger partial charge is 0.493 e. The summed E-state index contributed by atoms with van der Waals surface area (Å²) in [6.07, 6.45) is 3.85. The number of amides is 2. The number of thiocarbonyl (C=S) groups is 1. The molecule has 2 rings (SSSR count). The highest BCUT2D eigenvalue weighted by atomic mass is 32.2. The van der Waals surface area contributed by atoms with Gasteiger partial charge in [-0.1, -0.05) is 30.0 Å². The Kier molecular flexibility index (Phi) is 9.66. The van der Waals surface area contributed by atoms with Crippen LogP contribution in [0.3, 0.4) is 0 Å². The minimum atomic E-state index is -1.08. The van der Waals surface area contributed by atoms with Gasteiger partial charge in [0.1, 0.15) is 10.4 Å². The fraction of sp³-hybridized carbons (Fsp3) is 0.400. The average molecular weight is 485 g/mol. The number of carboxylic acids is 1. The van der Waals surface area contributed by atoms with Crippen molar-refractivity contribution in [3.8, 4) is 11.5 Å². The van der Waals surface area contributed by atoms with Gasteiger partial charge in [-0.15, -0.1) is 0 Å². The van der Waals surface area contributed by atoms with Gasteiger partial charge in [0.15, 0.2) is 11.5 Å². The molecule has 31 heavy (non-hydrogen) atoms. The molecule has 1 atom stereocenters. The van der Waals surface area contributed by atoms with Gasteiger partial charge in [-0.3, -0.25) is 14.5 Å². The summed E-state index contributed by atoms with van der Waals surface area (Å²) in [5.74, 6) is -0.0762. The summed E-state index contributed by atoms with van der Waals surface area (Å²) >= 11 is 7.95. The first kappa shape index (κ1) is 25.0. The first-order valence-electron chi connectivity index (χ1n) is 9.29. The van der Waals surface area contributed by atoms with E-state index in [4.69, 9.17) is 21.7 Å². The SMILES string of the molecule is COc1ccc(/C=C2/SC(=S)N(CCC(=O)N[C@@H](CCSC)C(=O)O)C2=O)cc1OC. The maximum absolute atomic E-state index is 12.7. The van der Waals surface area contributed by atoms with Crippen molar-refractivity contribution in [3.05, 3.63) is 28.7 Å². The Morgan fingerprint density at radius 3 is 2.65 bits per heavy atom. The van der Waals surface area contributed by atoms with E-state index in [1.165, 1.54) is 23.8 Å². The highest BCUT2D eigenvalue weighted by Crippen LogP contribution is 2.34. The van der Waals surface area contributed by atoms with Gasteiger partial charge in [0.25, 0.3) is 5.91 Å².